The number of hydrogen-bond donors (Lipinski definition) is 3. The molecule has 0 fully saturated rings. The Balaban J connectivity index is 3.52. The van der Waals surface area contributed by atoms with Gasteiger partial charge in [0.2, 0.25) is 5.91 Å². The molecule has 0 rings (SSSR count). The zero-order valence-corrected chi connectivity index (χ0v) is 46.3. The number of nitrogens with one attached hydrogen (secondary N) is 1. The van der Waals surface area contributed by atoms with Crippen LogP contribution in [0.2, 0.25) is 0 Å². The van der Waals surface area contributed by atoms with Crippen LogP contribution >= 0.6 is 0 Å². The zero-order chi connectivity index (χ0) is 50.0. The van der Waals surface area contributed by atoms with Gasteiger partial charge in [0.05, 0.1) is 25.4 Å². The Hall–Kier alpha value is -1.92. The second kappa shape index (κ2) is 58.6. The largest absolute Gasteiger partial charge is 0.466 e. The first-order valence-corrected chi connectivity index (χ1v) is 30.8. The summed E-state index contributed by atoms with van der Waals surface area (Å²) in [6.45, 7) is 4.86. The first kappa shape index (κ1) is 67.1. The maximum Gasteiger partial charge on any atom is 0.305 e. The monoisotopic (exact) mass is 970 g/mol. The van der Waals surface area contributed by atoms with E-state index >= 15 is 0 Å². The summed E-state index contributed by atoms with van der Waals surface area (Å²) in [7, 11) is 0. The molecule has 0 bridgehead atoms. The average Bonchev–Trinajstić information content (AvgIpc) is 3.35. The van der Waals surface area contributed by atoms with Crippen LogP contribution in [0.3, 0.4) is 0 Å². The number of aliphatic hydroxyl groups is 2. The highest BCUT2D eigenvalue weighted by Gasteiger charge is 2.18. The van der Waals surface area contributed by atoms with Gasteiger partial charge in [0, 0.05) is 12.8 Å². The van der Waals surface area contributed by atoms with Gasteiger partial charge in [0.15, 0.2) is 0 Å². The van der Waals surface area contributed by atoms with Gasteiger partial charge in [-0.3, -0.25) is 9.59 Å². The molecule has 0 aliphatic carbocycles. The summed E-state index contributed by atoms with van der Waals surface area (Å²) in [5.74, 6) is -0.119. The lowest BCUT2D eigenvalue weighted by atomic mass is 10.0. The van der Waals surface area contributed by atoms with E-state index in [2.05, 4.69) is 43.5 Å². The van der Waals surface area contributed by atoms with Gasteiger partial charge in [-0.15, -0.1) is 0 Å². The van der Waals surface area contributed by atoms with Crippen LogP contribution in [-0.4, -0.2) is 47.4 Å². The molecule has 0 radical (unpaired) electrons. The quantitative estimate of drug-likeness (QED) is 0.0321. The molecule has 0 aliphatic rings. The van der Waals surface area contributed by atoms with E-state index < -0.39 is 12.1 Å². The molecule has 0 saturated carbocycles. The minimum atomic E-state index is -0.862. The van der Waals surface area contributed by atoms with E-state index in [4.69, 9.17) is 4.74 Å². The number of amides is 1. The fraction of sp³-hybridized carbons (Fsp3) is 0.873. The van der Waals surface area contributed by atoms with Crippen LogP contribution in [0.5, 0.6) is 0 Å². The van der Waals surface area contributed by atoms with Crippen molar-refractivity contribution in [3.63, 3.8) is 0 Å². The number of hydrogen-bond acceptors (Lipinski definition) is 5. The van der Waals surface area contributed by atoms with Crippen LogP contribution in [0, 0.1) is 0 Å². The van der Waals surface area contributed by atoms with Gasteiger partial charge in [-0.05, 0) is 89.9 Å². The van der Waals surface area contributed by atoms with E-state index in [-0.39, 0.29) is 18.5 Å². The van der Waals surface area contributed by atoms with Gasteiger partial charge in [-0.2, -0.15) is 0 Å². The molecule has 2 unspecified atom stereocenters. The van der Waals surface area contributed by atoms with E-state index in [0.29, 0.717) is 19.4 Å². The summed E-state index contributed by atoms with van der Waals surface area (Å²) in [4.78, 5) is 24.6. The van der Waals surface area contributed by atoms with Crippen molar-refractivity contribution in [2.75, 3.05) is 13.2 Å². The molecule has 0 aromatic heterocycles. The number of esters is 1. The lowest BCUT2D eigenvalue weighted by Crippen LogP contribution is -2.45. The highest BCUT2D eigenvalue weighted by molar-refractivity contribution is 5.76. The normalized spacial score (nSPS) is 12.8. The van der Waals surface area contributed by atoms with Crippen molar-refractivity contribution in [1.82, 2.24) is 5.32 Å². The number of rotatable bonds is 57. The van der Waals surface area contributed by atoms with Crippen molar-refractivity contribution >= 4 is 11.9 Å². The summed E-state index contributed by atoms with van der Waals surface area (Å²) in [6, 6.07) is -0.648. The molecule has 2 atom stereocenters. The molecule has 3 N–H and O–H groups in total. The van der Waals surface area contributed by atoms with Crippen molar-refractivity contribution < 1.29 is 24.5 Å². The maximum atomic E-state index is 12.5. The Labute approximate surface area is 430 Å². The molecule has 0 saturated heterocycles. The van der Waals surface area contributed by atoms with Crippen LogP contribution < -0.4 is 5.32 Å². The number of aliphatic hydroxyl groups excluding tert-OH is 2. The maximum absolute atomic E-state index is 12.5. The third-order valence-electron chi connectivity index (χ3n) is 14.1. The lowest BCUT2D eigenvalue weighted by Gasteiger charge is -2.20. The van der Waals surface area contributed by atoms with Gasteiger partial charge in [-0.1, -0.05) is 262 Å². The van der Waals surface area contributed by atoms with Crippen LogP contribution in [-0.2, 0) is 14.3 Å². The van der Waals surface area contributed by atoms with Crippen molar-refractivity contribution in [3.05, 3.63) is 36.5 Å². The highest BCUT2D eigenvalue weighted by Crippen LogP contribution is 2.17. The number of ether oxygens (including phenoxy) is 1. The molecule has 0 aliphatic heterocycles. The van der Waals surface area contributed by atoms with Crippen LogP contribution in [0.1, 0.15) is 328 Å². The summed E-state index contributed by atoms with van der Waals surface area (Å²) < 4.78 is 5.46. The molecule has 6 heteroatoms. The Bertz CT molecular complexity index is 1120. The molecule has 0 heterocycles. The lowest BCUT2D eigenvalue weighted by molar-refractivity contribution is -0.143. The standard InChI is InChI=1S/C63H119NO5/c1-3-5-7-9-11-13-15-17-19-21-22-23-24-25-26-28-29-31-35-39-43-47-51-55-61(66)60(59-65)64-62(67)56-52-48-44-40-36-33-34-38-42-46-50-54-58-69-63(68)57-53-49-45-41-37-32-30-27-20-18-16-14-12-10-8-6-4-2/h18,20,34,38,51,55,60-61,65-66H,3-17,19,21-33,35-37,39-50,52-54,56-59H2,1-2H3,(H,64,67)/b20-18-,38-34-,55-51+. The Morgan fingerprint density at radius 1 is 0.391 bits per heavy atom. The molecule has 0 spiro atoms. The Kier molecular flexibility index (Phi) is 57.0. The van der Waals surface area contributed by atoms with Gasteiger partial charge in [0.25, 0.3) is 0 Å². The second-order valence-corrected chi connectivity index (χ2v) is 21.0. The summed E-state index contributed by atoms with van der Waals surface area (Å²) in [5.41, 5.74) is 0. The van der Waals surface area contributed by atoms with E-state index in [1.54, 1.807) is 6.08 Å². The van der Waals surface area contributed by atoms with E-state index in [0.717, 1.165) is 83.5 Å². The third-order valence-corrected chi connectivity index (χ3v) is 14.1. The fourth-order valence-corrected chi connectivity index (χ4v) is 9.39. The van der Waals surface area contributed by atoms with Crippen molar-refractivity contribution in [3.8, 4) is 0 Å². The minimum absolute atomic E-state index is 0.0272. The predicted molar refractivity (Wildman–Crippen MR) is 301 cm³/mol. The second-order valence-electron chi connectivity index (χ2n) is 21.0. The van der Waals surface area contributed by atoms with Gasteiger partial charge in [-0.25, -0.2) is 0 Å². The molecular formula is C63H119NO5. The number of unbranched alkanes of at least 4 members (excludes halogenated alkanes) is 42. The Morgan fingerprint density at radius 2 is 0.681 bits per heavy atom. The fourth-order valence-electron chi connectivity index (χ4n) is 9.39. The zero-order valence-electron chi connectivity index (χ0n) is 46.3. The smallest absolute Gasteiger partial charge is 0.305 e. The SMILES string of the molecule is CCCCCCCC/C=C\CCCCCCCCCC(=O)OCCCCC/C=C\CCCCCCCC(=O)NC(CO)C(O)/C=C/CCCCCCCCCCCCCCCCCCCCCCC. The number of allylic oxidation sites excluding steroid dienone is 5. The summed E-state index contributed by atoms with van der Waals surface area (Å²) >= 11 is 0. The van der Waals surface area contributed by atoms with Gasteiger partial charge in [0.1, 0.15) is 0 Å². The molecular weight excluding hydrogens is 851 g/mol. The molecule has 1 amide bonds. The van der Waals surface area contributed by atoms with Crippen molar-refractivity contribution in [2.45, 2.75) is 341 Å². The number of carbonyl (C=O) groups is 2. The van der Waals surface area contributed by atoms with E-state index in [1.807, 2.05) is 6.08 Å². The van der Waals surface area contributed by atoms with E-state index in [9.17, 15) is 19.8 Å². The van der Waals surface area contributed by atoms with Crippen molar-refractivity contribution in [2.24, 2.45) is 0 Å². The van der Waals surface area contributed by atoms with Crippen molar-refractivity contribution in [1.29, 1.82) is 0 Å². The molecule has 6 nitrogen and oxygen atoms in total. The minimum Gasteiger partial charge on any atom is -0.466 e. The van der Waals surface area contributed by atoms with E-state index in [1.165, 1.54) is 218 Å². The summed E-state index contributed by atoms with van der Waals surface area (Å²) in [5, 5.41) is 23.2. The first-order chi connectivity index (χ1) is 34.0. The molecule has 0 aromatic carbocycles. The molecule has 69 heavy (non-hydrogen) atoms. The third kappa shape index (κ3) is 55.2. The summed E-state index contributed by atoms with van der Waals surface area (Å²) in [6.07, 6.45) is 73.2. The number of carbonyl (C=O) groups excluding carboxylic acids is 2. The van der Waals surface area contributed by atoms with Gasteiger partial charge < -0.3 is 20.3 Å². The molecule has 406 valence electrons. The average molecular weight is 971 g/mol. The first-order valence-electron chi connectivity index (χ1n) is 30.8. The van der Waals surface area contributed by atoms with Crippen LogP contribution in [0.15, 0.2) is 36.5 Å². The van der Waals surface area contributed by atoms with Gasteiger partial charge >= 0.3 is 5.97 Å². The predicted octanol–water partition coefficient (Wildman–Crippen LogP) is 19.2. The highest BCUT2D eigenvalue weighted by atomic mass is 16.5. The topological polar surface area (TPSA) is 95.9 Å². The van der Waals surface area contributed by atoms with Crippen LogP contribution in [0.25, 0.3) is 0 Å². The van der Waals surface area contributed by atoms with Crippen LogP contribution in [0.4, 0.5) is 0 Å². The Morgan fingerprint density at radius 3 is 1.03 bits per heavy atom. The molecule has 0 aromatic rings.